The molecule has 1 aromatic rings. The van der Waals surface area contributed by atoms with E-state index in [1.807, 2.05) is 25.2 Å². The predicted molar refractivity (Wildman–Crippen MR) is 98.4 cm³/mol. The minimum Gasteiger partial charge on any atom is -0.340 e. The number of amides is 1. The van der Waals surface area contributed by atoms with Crippen molar-refractivity contribution in [1.82, 2.24) is 15.1 Å². The largest absolute Gasteiger partial charge is 0.340 e. The quantitative estimate of drug-likeness (QED) is 0.894. The van der Waals surface area contributed by atoms with Gasteiger partial charge in [0.1, 0.15) is 6.04 Å². The summed E-state index contributed by atoms with van der Waals surface area (Å²) in [5.41, 5.74) is 1.10. The number of likely N-dealkylation sites (N-methyl/N-ethyl adjacent to an activating group) is 1. The fraction of sp³-hybridized carbons (Fsp3) is 0.588. The molecule has 0 spiro atoms. The number of fused-ring (bicyclic) bond motifs is 1. The van der Waals surface area contributed by atoms with Gasteiger partial charge >= 0.3 is 0 Å². The summed E-state index contributed by atoms with van der Waals surface area (Å²) in [5.74, 6) is 1.56. The highest BCUT2D eigenvalue weighted by atomic mass is 35.5. The Morgan fingerprint density at radius 2 is 1.78 bits per heavy atom. The Morgan fingerprint density at radius 1 is 1.22 bits per heavy atom. The van der Waals surface area contributed by atoms with Gasteiger partial charge in [-0.3, -0.25) is 9.69 Å². The van der Waals surface area contributed by atoms with Crippen LogP contribution in [0, 0.1) is 11.8 Å². The first-order valence-corrected chi connectivity index (χ1v) is 7.95. The molecule has 1 N–H and O–H groups in total. The Bertz CT molecular complexity index is 488. The lowest BCUT2D eigenvalue weighted by Gasteiger charge is -2.30. The summed E-state index contributed by atoms with van der Waals surface area (Å²) in [6, 6.07) is 10.0. The number of benzene rings is 1. The molecule has 6 heteroatoms. The number of rotatable bonds is 4. The molecule has 2 heterocycles. The maximum Gasteiger partial charge on any atom is 0.244 e. The van der Waals surface area contributed by atoms with Crippen LogP contribution in [0.15, 0.2) is 30.3 Å². The van der Waals surface area contributed by atoms with Crippen LogP contribution in [0.3, 0.4) is 0 Å². The van der Waals surface area contributed by atoms with Gasteiger partial charge in [-0.15, -0.1) is 24.8 Å². The average molecular weight is 360 g/mol. The van der Waals surface area contributed by atoms with Crippen LogP contribution >= 0.6 is 24.8 Å². The molecule has 0 bridgehead atoms. The average Bonchev–Trinajstić information content (AvgIpc) is 3.09. The molecule has 23 heavy (non-hydrogen) atoms. The van der Waals surface area contributed by atoms with E-state index in [2.05, 4.69) is 34.2 Å². The van der Waals surface area contributed by atoms with E-state index in [0.717, 1.165) is 38.3 Å². The van der Waals surface area contributed by atoms with Crippen molar-refractivity contribution < 1.29 is 4.79 Å². The third kappa shape index (κ3) is 4.18. The second-order valence-corrected chi connectivity index (χ2v) is 6.31. The lowest BCUT2D eigenvalue weighted by Crippen LogP contribution is -2.41. The van der Waals surface area contributed by atoms with Crippen LogP contribution in [0.1, 0.15) is 18.5 Å². The number of hydrogen-bond acceptors (Lipinski definition) is 3. The Hall–Kier alpha value is -0.810. The van der Waals surface area contributed by atoms with Crippen molar-refractivity contribution in [1.29, 1.82) is 0 Å². The summed E-state index contributed by atoms with van der Waals surface area (Å²) >= 11 is 0. The number of nitrogens with one attached hydrogen (secondary N) is 1. The van der Waals surface area contributed by atoms with Crippen molar-refractivity contribution in [3.63, 3.8) is 0 Å². The van der Waals surface area contributed by atoms with E-state index >= 15 is 0 Å². The molecule has 130 valence electrons. The molecule has 0 radical (unpaired) electrons. The molecule has 1 aromatic carbocycles. The number of carbonyl (C=O) groups is 1. The number of nitrogens with zero attached hydrogens (tertiary/aromatic N) is 2. The van der Waals surface area contributed by atoms with E-state index in [0.29, 0.717) is 11.8 Å². The monoisotopic (exact) mass is 359 g/mol. The SMILES string of the molecule is CCN(C)C(C(=O)N1C[C@H]2CNC[C@H]2C1)c1ccccc1.Cl.Cl. The predicted octanol–water partition coefficient (Wildman–Crippen LogP) is 2.20. The zero-order valence-corrected chi connectivity index (χ0v) is 15.4. The summed E-state index contributed by atoms with van der Waals surface area (Å²) in [5, 5.41) is 3.43. The van der Waals surface area contributed by atoms with E-state index in [-0.39, 0.29) is 36.8 Å². The molecule has 1 unspecified atom stereocenters. The molecule has 0 aromatic heterocycles. The van der Waals surface area contributed by atoms with Crippen molar-refractivity contribution in [3.05, 3.63) is 35.9 Å². The molecule has 0 aliphatic carbocycles. The van der Waals surface area contributed by atoms with Crippen molar-refractivity contribution in [2.75, 3.05) is 39.8 Å². The van der Waals surface area contributed by atoms with Crippen molar-refractivity contribution in [2.24, 2.45) is 11.8 Å². The Morgan fingerprint density at radius 3 is 2.30 bits per heavy atom. The second kappa shape index (κ2) is 8.88. The third-order valence-electron chi connectivity index (χ3n) is 4.99. The molecule has 3 rings (SSSR count). The molecule has 3 atom stereocenters. The van der Waals surface area contributed by atoms with Crippen molar-refractivity contribution >= 4 is 30.7 Å². The van der Waals surface area contributed by atoms with Crippen LogP contribution in [0.25, 0.3) is 0 Å². The summed E-state index contributed by atoms with van der Waals surface area (Å²) in [7, 11) is 2.04. The summed E-state index contributed by atoms with van der Waals surface area (Å²) in [6.07, 6.45) is 0. The molecule has 1 amide bonds. The number of carbonyl (C=O) groups excluding carboxylic acids is 1. The lowest BCUT2D eigenvalue weighted by atomic mass is 10.0. The van der Waals surface area contributed by atoms with E-state index in [1.54, 1.807) is 0 Å². The smallest absolute Gasteiger partial charge is 0.244 e. The summed E-state index contributed by atoms with van der Waals surface area (Å²) in [6.45, 7) is 6.93. The Balaban J connectivity index is 0.00000132. The molecule has 2 fully saturated rings. The number of halogens is 2. The van der Waals surface area contributed by atoms with Crippen LogP contribution < -0.4 is 5.32 Å². The fourth-order valence-corrected chi connectivity index (χ4v) is 3.61. The minimum absolute atomic E-state index is 0. The Labute approximate surface area is 151 Å². The first kappa shape index (κ1) is 20.2. The first-order valence-electron chi connectivity index (χ1n) is 7.95. The van der Waals surface area contributed by atoms with Gasteiger partial charge in [-0.2, -0.15) is 0 Å². The highest BCUT2D eigenvalue weighted by molar-refractivity contribution is 5.85. The number of hydrogen-bond donors (Lipinski definition) is 1. The fourth-order valence-electron chi connectivity index (χ4n) is 3.61. The first-order chi connectivity index (χ1) is 10.2. The van der Waals surface area contributed by atoms with Crippen LogP contribution in [-0.4, -0.2) is 55.5 Å². The second-order valence-electron chi connectivity index (χ2n) is 6.31. The minimum atomic E-state index is -0.150. The highest BCUT2D eigenvalue weighted by Gasteiger charge is 2.40. The van der Waals surface area contributed by atoms with Gasteiger partial charge in [0, 0.05) is 26.2 Å². The van der Waals surface area contributed by atoms with Gasteiger partial charge in [0.25, 0.3) is 0 Å². The van der Waals surface area contributed by atoms with E-state index < -0.39 is 0 Å². The molecular formula is C17H27Cl2N3O. The molecule has 2 saturated heterocycles. The maximum atomic E-state index is 13.0. The standard InChI is InChI=1S/C17H25N3O.2ClH/c1-3-19(2)16(13-7-5-4-6-8-13)17(21)20-11-14-9-18-10-15(14)12-20;;/h4-8,14-16,18H,3,9-12H2,1-2H3;2*1H/t14-,15+,16?;;. The molecule has 4 nitrogen and oxygen atoms in total. The maximum absolute atomic E-state index is 13.0. The highest BCUT2D eigenvalue weighted by Crippen LogP contribution is 2.30. The summed E-state index contributed by atoms with van der Waals surface area (Å²) in [4.78, 5) is 17.3. The molecule has 0 saturated carbocycles. The van der Waals surface area contributed by atoms with Gasteiger partial charge < -0.3 is 10.2 Å². The third-order valence-corrected chi connectivity index (χ3v) is 4.99. The van der Waals surface area contributed by atoms with E-state index in [9.17, 15) is 4.79 Å². The van der Waals surface area contributed by atoms with E-state index in [4.69, 9.17) is 0 Å². The van der Waals surface area contributed by atoms with Gasteiger partial charge in [0.15, 0.2) is 0 Å². The van der Waals surface area contributed by atoms with Gasteiger partial charge in [0.2, 0.25) is 5.91 Å². The zero-order chi connectivity index (χ0) is 14.8. The summed E-state index contributed by atoms with van der Waals surface area (Å²) < 4.78 is 0. The number of likely N-dealkylation sites (tertiary alicyclic amines) is 1. The molecule has 2 aliphatic rings. The zero-order valence-electron chi connectivity index (χ0n) is 13.8. The topological polar surface area (TPSA) is 35.6 Å². The van der Waals surface area contributed by atoms with Crippen LogP contribution in [-0.2, 0) is 4.79 Å². The van der Waals surface area contributed by atoms with Crippen LogP contribution in [0.4, 0.5) is 0 Å². The van der Waals surface area contributed by atoms with Crippen molar-refractivity contribution in [2.45, 2.75) is 13.0 Å². The molecular weight excluding hydrogens is 333 g/mol. The molecule has 2 aliphatic heterocycles. The van der Waals surface area contributed by atoms with Gasteiger partial charge in [-0.1, -0.05) is 37.3 Å². The van der Waals surface area contributed by atoms with E-state index in [1.165, 1.54) is 0 Å². The normalized spacial score (nSPS) is 23.9. The Kier molecular flexibility index (Phi) is 7.81. The van der Waals surface area contributed by atoms with Crippen LogP contribution in [0.5, 0.6) is 0 Å². The lowest BCUT2D eigenvalue weighted by molar-refractivity contribution is -0.136. The van der Waals surface area contributed by atoms with Gasteiger partial charge in [0.05, 0.1) is 0 Å². The van der Waals surface area contributed by atoms with Crippen LogP contribution in [0.2, 0.25) is 0 Å². The van der Waals surface area contributed by atoms with Gasteiger partial charge in [-0.05, 0) is 31.0 Å². The van der Waals surface area contributed by atoms with Crippen molar-refractivity contribution in [3.8, 4) is 0 Å². The van der Waals surface area contributed by atoms with Gasteiger partial charge in [-0.25, -0.2) is 0 Å².